The predicted molar refractivity (Wildman–Crippen MR) is 114 cm³/mol. The van der Waals surface area contributed by atoms with Gasteiger partial charge in [-0.3, -0.25) is 9.59 Å². The molecule has 0 saturated carbocycles. The number of carbonyl (C=O) groups is 2. The summed E-state index contributed by atoms with van der Waals surface area (Å²) in [6.07, 6.45) is -0.432. The second-order valence-electron chi connectivity index (χ2n) is 7.98. The maximum atomic E-state index is 12.4. The van der Waals surface area contributed by atoms with Crippen molar-refractivity contribution in [3.05, 3.63) is 0 Å². The second kappa shape index (κ2) is 14.7. The summed E-state index contributed by atoms with van der Waals surface area (Å²) in [5.74, 6) is -0.206. The molecule has 0 aromatic carbocycles. The van der Waals surface area contributed by atoms with Gasteiger partial charge in [0.1, 0.15) is 12.6 Å². The van der Waals surface area contributed by atoms with Crippen molar-refractivity contribution >= 4 is 11.8 Å². The average Bonchev–Trinajstić information content (AvgIpc) is 3.05. The van der Waals surface area contributed by atoms with Gasteiger partial charge in [0.2, 0.25) is 11.8 Å². The van der Waals surface area contributed by atoms with Gasteiger partial charge in [0.15, 0.2) is 0 Å². The molecule has 2 amide bonds. The first-order valence-corrected chi connectivity index (χ1v) is 10.5. The van der Waals surface area contributed by atoms with Crippen LogP contribution in [-0.4, -0.2) is 99.3 Å². The average molecular weight is 422 g/mol. The van der Waals surface area contributed by atoms with Crippen LogP contribution in [0.5, 0.6) is 0 Å². The van der Waals surface area contributed by atoms with E-state index in [0.717, 1.165) is 6.54 Å². The van der Waals surface area contributed by atoms with E-state index in [1.54, 1.807) is 0 Å². The molecule has 0 bridgehead atoms. The van der Waals surface area contributed by atoms with Crippen molar-refractivity contribution in [2.45, 2.75) is 52.3 Å². The lowest BCUT2D eigenvalue weighted by Gasteiger charge is -2.24. The molecule has 1 fully saturated rings. The quantitative estimate of drug-likeness (QED) is 0.325. The van der Waals surface area contributed by atoms with E-state index in [4.69, 9.17) is 14.2 Å². The molecule has 0 radical (unpaired) electrons. The number of aliphatic hydroxyl groups excluding tert-OH is 1. The zero-order chi connectivity index (χ0) is 21.6. The van der Waals surface area contributed by atoms with Crippen LogP contribution in [-0.2, 0) is 23.8 Å². The fraction of sp³-hybridized carbons (Fsp3) is 0.900. The molecule has 9 nitrogen and oxygen atoms in total. The molecule has 2 atom stereocenters. The molecule has 2 unspecified atom stereocenters. The number of aliphatic hydroxyl groups is 1. The van der Waals surface area contributed by atoms with E-state index in [1.165, 1.54) is 4.90 Å². The largest absolute Gasteiger partial charge is 0.391 e. The summed E-state index contributed by atoms with van der Waals surface area (Å²) in [6, 6.07) is -0.193. The summed E-state index contributed by atoms with van der Waals surface area (Å²) < 4.78 is 16.2. The van der Waals surface area contributed by atoms with E-state index in [0.29, 0.717) is 44.9 Å². The summed E-state index contributed by atoms with van der Waals surface area (Å²) in [5.41, 5.74) is 0. The Morgan fingerprint density at radius 1 is 1.07 bits per heavy atom. The zero-order valence-electron chi connectivity index (χ0n) is 18.3. The molecule has 1 aliphatic heterocycles. The van der Waals surface area contributed by atoms with Crippen LogP contribution in [0.3, 0.4) is 0 Å². The molecule has 174 valence electrons. The number of nitrogens with zero attached hydrogens (tertiary/aromatic N) is 1. The third-order valence-electron chi connectivity index (χ3n) is 4.36. The monoisotopic (exact) mass is 421 g/mol. The summed E-state index contributed by atoms with van der Waals surface area (Å²) in [5, 5.41) is 16.0. The van der Waals surface area contributed by atoms with Crippen LogP contribution >= 0.6 is 0 Å². The van der Waals surface area contributed by atoms with Crippen molar-refractivity contribution < 1.29 is 31.8 Å². The number of β-amino-alcohol motifs (C(OH)–C–C–N with tert-alkyl or cyclic N) is 1. The van der Waals surface area contributed by atoms with Gasteiger partial charge in [-0.05, 0) is 5.92 Å². The highest BCUT2D eigenvalue weighted by molar-refractivity contribution is 5.88. The molecule has 1 rings (SSSR count). The fourth-order valence-corrected chi connectivity index (χ4v) is 2.86. The van der Waals surface area contributed by atoms with Gasteiger partial charge in [-0.15, -0.1) is 0 Å². The first-order chi connectivity index (χ1) is 13.8. The van der Waals surface area contributed by atoms with Crippen LogP contribution in [0, 0.1) is 5.92 Å². The minimum absolute atomic E-state index is 0. The number of rotatable bonds is 15. The van der Waals surface area contributed by atoms with Gasteiger partial charge in [-0.1, -0.05) is 27.7 Å². The Labute approximate surface area is 177 Å². The van der Waals surface area contributed by atoms with Crippen molar-refractivity contribution in [3.63, 3.8) is 0 Å². The maximum absolute atomic E-state index is 12.4. The van der Waals surface area contributed by atoms with E-state index in [9.17, 15) is 14.7 Å². The highest BCUT2D eigenvalue weighted by atomic mass is 16.5. The van der Waals surface area contributed by atoms with E-state index < -0.39 is 12.1 Å². The number of likely N-dealkylation sites (tertiary alicyclic amines) is 1. The van der Waals surface area contributed by atoms with Gasteiger partial charge in [-0.2, -0.15) is 0 Å². The molecule has 29 heavy (non-hydrogen) atoms. The first-order valence-electron chi connectivity index (χ1n) is 10.5. The molecule has 1 saturated heterocycles. The molecule has 0 aromatic rings. The summed E-state index contributed by atoms with van der Waals surface area (Å²) in [4.78, 5) is 26.1. The molecule has 3 N–H and O–H groups in total. The third kappa shape index (κ3) is 11.5. The van der Waals surface area contributed by atoms with E-state index >= 15 is 0 Å². The van der Waals surface area contributed by atoms with Crippen molar-refractivity contribution in [1.29, 1.82) is 0 Å². The molecule has 1 heterocycles. The number of hydrogen-bond donors (Lipinski definition) is 3. The van der Waals surface area contributed by atoms with Gasteiger partial charge in [-0.25, -0.2) is 0 Å². The Morgan fingerprint density at radius 2 is 1.69 bits per heavy atom. The van der Waals surface area contributed by atoms with Crippen LogP contribution in [0.15, 0.2) is 0 Å². The summed E-state index contributed by atoms with van der Waals surface area (Å²) in [6.45, 7) is 11.8. The Bertz CT molecular complexity index is 486. The lowest BCUT2D eigenvalue weighted by Crippen LogP contribution is -2.47. The van der Waals surface area contributed by atoms with Crippen molar-refractivity contribution in [3.8, 4) is 0 Å². The normalized spacial score (nSPS) is 19.3. The minimum Gasteiger partial charge on any atom is -0.391 e. The number of carbonyl (C=O) groups excluding carboxylic acids is 2. The standard InChI is InChI=1S/C20H39N3O6.2H2/c1-15(2)12-22-20(26)18-11-17(24)13-23(18)19(25)14-29-10-9-28-8-7-27-6-5-21-16(3)4;;/h15-18,21,24H,5-14H2,1-4H3,(H,22,26);2*1H. The van der Waals surface area contributed by atoms with E-state index in [1.807, 2.05) is 13.8 Å². The van der Waals surface area contributed by atoms with Crippen LogP contribution in [0.4, 0.5) is 0 Å². The summed E-state index contributed by atoms with van der Waals surface area (Å²) >= 11 is 0. The van der Waals surface area contributed by atoms with E-state index in [-0.39, 0.29) is 40.8 Å². The van der Waals surface area contributed by atoms with Gasteiger partial charge in [0.05, 0.1) is 39.1 Å². The van der Waals surface area contributed by atoms with Gasteiger partial charge >= 0.3 is 0 Å². The topological polar surface area (TPSA) is 109 Å². The third-order valence-corrected chi connectivity index (χ3v) is 4.36. The molecular weight excluding hydrogens is 378 g/mol. The minimum atomic E-state index is -0.687. The lowest BCUT2D eigenvalue weighted by molar-refractivity contribution is -0.142. The van der Waals surface area contributed by atoms with Crippen LogP contribution in [0.25, 0.3) is 0 Å². The highest BCUT2D eigenvalue weighted by Gasteiger charge is 2.38. The smallest absolute Gasteiger partial charge is 0.249 e. The zero-order valence-corrected chi connectivity index (χ0v) is 18.3. The van der Waals surface area contributed by atoms with E-state index in [2.05, 4.69) is 24.5 Å². The second-order valence-corrected chi connectivity index (χ2v) is 7.98. The van der Waals surface area contributed by atoms with Gasteiger partial charge in [0, 0.05) is 35.0 Å². The molecule has 0 aliphatic carbocycles. The molecule has 9 heteroatoms. The van der Waals surface area contributed by atoms with Crippen LogP contribution < -0.4 is 10.6 Å². The van der Waals surface area contributed by atoms with Crippen molar-refractivity contribution in [1.82, 2.24) is 15.5 Å². The highest BCUT2D eigenvalue weighted by Crippen LogP contribution is 2.18. The number of hydrogen-bond acceptors (Lipinski definition) is 7. The van der Waals surface area contributed by atoms with Crippen LogP contribution in [0.2, 0.25) is 0 Å². The number of amides is 2. The Hall–Kier alpha value is -1.26. The summed E-state index contributed by atoms with van der Waals surface area (Å²) in [7, 11) is 0. The lowest BCUT2D eigenvalue weighted by atomic mass is 10.1. The molecule has 0 aromatic heterocycles. The van der Waals surface area contributed by atoms with Crippen molar-refractivity contribution in [2.75, 3.05) is 59.3 Å². The predicted octanol–water partition coefficient (Wildman–Crippen LogP) is 0.260. The van der Waals surface area contributed by atoms with Crippen molar-refractivity contribution in [2.24, 2.45) is 5.92 Å². The first kappa shape index (κ1) is 25.8. The Morgan fingerprint density at radius 3 is 2.31 bits per heavy atom. The van der Waals surface area contributed by atoms with Gasteiger partial charge < -0.3 is 34.9 Å². The Kier molecular flexibility index (Phi) is 13.0. The van der Waals surface area contributed by atoms with Crippen LogP contribution in [0.1, 0.15) is 37.0 Å². The number of nitrogens with one attached hydrogen (secondary N) is 2. The Balaban J connectivity index is 0. The SMILES string of the molecule is CC(C)CNC(=O)C1CC(O)CN1C(=O)COCCOCCOCCNC(C)C.[HH].[HH]. The molecule has 1 aliphatic rings. The molecular formula is C20H43N3O6. The van der Waals surface area contributed by atoms with Gasteiger partial charge in [0.25, 0.3) is 0 Å². The number of ether oxygens (including phenoxy) is 3. The fourth-order valence-electron chi connectivity index (χ4n) is 2.86. The maximum Gasteiger partial charge on any atom is 0.249 e. The molecule has 0 spiro atoms.